The van der Waals surface area contributed by atoms with E-state index >= 15 is 0 Å². The van der Waals surface area contributed by atoms with Crippen LogP contribution in [0.4, 0.5) is 17.1 Å². The lowest BCUT2D eigenvalue weighted by Gasteiger charge is -2.28. The summed E-state index contributed by atoms with van der Waals surface area (Å²) in [6.45, 7) is 0. The molecule has 3 nitrogen and oxygen atoms in total. The van der Waals surface area contributed by atoms with Gasteiger partial charge in [-0.3, -0.25) is 0 Å². The van der Waals surface area contributed by atoms with E-state index in [1.165, 1.54) is 49.4 Å². The fourth-order valence-corrected chi connectivity index (χ4v) is 8.58. The number of rotatable bonds is 6. The van der Waals surface area contributed by atoms with Gasteiger partial charge in [-0.25, -0.2) is 0 Å². The molecular formula is C52H34N2O. The molecule has 2 heterocycles. The first-order chi connectivity index (χ1) is 27.3. The Kier molecular flexibility index (Phi) is 7.17. The molecule has 0 unspecified atom stereocenters. The van der Waals surface area contributed by atoms with Gasteiger partial charge in [0.15, 0.2) is 0 Å². The van der Waals surface area contributed by atoms with Crippen LogP contribution in [0.2, 0.25) is 0 Å². The van der Waals surface area contributed by atoms with Gasteiger partial charge in [-0.1, -0.05) is 152 Å². The second-order valence-corrected chi connectivity index (χ2v) is 14.1. The molecule has 0 amide bonds. The Morgan fingerprint density at radius 2 is 0.927 bits per heavy atom. The number of hydrogen-bond donors (Lipinski definition) is 0. The van der Waals surface area contributed by atoms with Gasteiger partial charge >= 0.3 is 0 Å². The fourth-order valence-electron chi connectivity index (χ4n) is 8.58. The molecule has 0 saturated carbocycles. The molecular weight excluding hydrogens is 669 g/mol. The molecule has 55 heavy (non-hydrogen) atoms. The van der Waals surface area contributed by atoms with Gasteiger partial charge < -0.3 is 13.9 Å². The van der Waals surface area contributed by atoms with Gasteiger partial charge in [0.25, 0.3) is 0 Å². The molecule has 0 saturated heterocycles. The van der Waals surface area contributed by atoms with Crippen molar-refractivity contribution in [3.8, 4) is 27.9 Å². The maximum absolute atomic E-state index is 6.44. The van der Waals surface area contributed by atoms with Crippen molar-refractivity contribution >= 4 is 71.6 Å². The van der Waals surface area contributed by atoms with Gasteiger partial charge in [-0.05, 0) is 76.7 Å². The second-order valence-electron chi connectivity index (χ2n) is 14.1. The number of anilines is 3. The van der Waals surface area contributed by atoms with Crippen molar-refractivity contribution in [2.75, 3.05) is 4.90 Å². The molecule has 0 aliphatic rings. The molecule has 0 atom stereocenters. The molecule has 0 N–H and O–H groups in total. The highest BCUT2D eigenvalue weighted by Crippen LogP contribution is 2.47. The highest BCUT2D eigenvalue weighted by atomic mass is 16.3. The van der Waals surface area contributed by atoms with Crippen molar-refractivity contribution in [2.24, 2.45) is 0 Å². The maximum Gasteiger partial charge on any atom is 0.137 e. The molecule has 258 valence electrons. The maximum atomic E-state index is 6.44. The van der Waals surface area contributed by atoms with Crippen molar-refractivity contribution in [1.82, 2.24) is 4.57 Å². The van der Waals surface area contributed by atoms with E-state index in [-0.39, 0.29) is 0 Å². The van der Waals surface area contributed by atoms with Crippen LogP contribution < -0.4 is 4.90 Å². The van der Waals surface area contributed by atoms with Crippen LogP contribution in [0.5, 0.6) is 0 Å². The van der Waals surface area contributed by atoms with Gasteiger partial charge in [0, 0.05) is 32.8 Å². The average molecular weight is 703 g/mol. The Morgan fingerprint density at radius 3 is 1.69 bits per heavy atom. The van der Waals surface area contributed by atoms with Crippen LogP contribution in [0, 0.1) is 0 Å². The Hall–Kier alpha value is -7.36. The molecule has 0 fully saturated rings. The fraction of sp³-hybridized carbons (Fsp3) is 0. The van der Waals surface area contributed by atoms with E-state index in [0.29, 0.717) is 0 Å². The van der Waals surface area contributed by atoms with Crippen molar-refractivity contribution < 1.29 is 4.42 Å². The van der Waals surface area contributed by atoms with E-state index < -0.39 is 0 Å². The quantitative estimate of drug-likeness (QED) is 0.172. The minimum absolute atomic E-state index is 0.866. The van der Waals surface area contributed by atoms with Crippen LogP contribution in [-0.2, 0) is 0 Å². The summed E-state index contributed by atoms with van der Waals surface area (Å²) >= 11 is 0. The van der Waals surface area contributed by atoms with E-state index in [4.69, 9.17) is 4.42 Å². The van der Waals surface area contributed by atoms with Gasteiger partial charge in [-0.15, -0.1) is 0 Å². The van der Waals surface area contributed by atoms with Crippen LogP contribution in [0.3, 0.4) is 0 Å². The van der Waals surface area contributed by atoms with Gasteiger partial charge in [0.2, 0.25) is 0 Å². The normalized spacial score (nSPS) is 11.6. The SMILES string of the molecule is c1ccc(-c2ccc(N(c3ccc(-c4ccccc4-n4c5ccccc5c5ccccc54)c4ccccc34)c3cccc4oc5ccccc5c34)cc2)cc1. The molecule has 2 aromatic heterocycles. The van der Waals surface area contributed by atoms with E-state index in [0.717, 1.165) is 50.1 Å². The molecule has 0 radical (unpaired) electrons. The third-order valence-corrected chi connectivity index (χ3v) is 11.0. The third-order valence-electron chi connectivity index (χ3n) is 11.0. The highest BCUT2D eigenvalue weighted by Gasteiger charge is 2.23. The molecule has 0 spiro atoms. The Morgan fingerprint density at radius 1 is 0.345 bits per heavy atom. The summed E-state index contributed by atoms with van der Waals surface area (Å²) < 4.78 is 8.86. The smallest absolute Gasteiger partial charge is 0.137 e. The second kappa shape index (κ2) is 12.6. The van der Waals surface area contributed by atoms with Gasteiger partial charge in [0.05, 0.1) is 33.5 Å². The first-order valence-corrected chi connectivity index (χ1v) is 18.8. The van der Waals surface area contributed by atoms with Crippen molar-refractivity contribution in [1.29, 1.82) is 0 Å². The summed E-state index contributed by atoms with van der Waals surface area (Å²) in [6.07, 6.45) is 0. The minimum Gasteiger partial charge on any atom is -0.456 e. The van der Waals surface area contributed by atoms with E-state index in [2.05, 4.69) is 210 Å². The zero-order valence-electron chi connectivity index (χ0n) is 29.9. The lowest BCUT2D eigenvalue weighted by Crippen LogP contribution is -2.11. The number of aromatic nitrogens is 1. The molecule has 0 aliphatic carbocycles. The number of furan rings is 1. The number of para-hydroxylation sites is 4. The largest absolute Gasteiger partial charge is 0.456 e. The summed E-state index contributed by atoms with van der Waals surface area (Å²) in [7, 11) is 0. The number of nitrogens with zero attached hydrogens (tertiary/aromatic N) is 2. The van der Waals surface area contributed by atoms with Crippen LogP contribution in [-0.4, -0.2) is 4.57 Å². The highest BCUT2D eigenvalue weighted by molar-refractivity contribution is 6.16. The van der Waals surface area contributed by atoms with Crippen LogP contribution in [0.25, 0.3) is 82.5 Å². The van der Waals surface area contributed by atoms with Crippen molar-refractivity contribution in [2.45, 2.75) is 0 Å². The Bertz CT molecular complexity index is 3150. The van der Waals surface area contributed by atoms with Crippen molar-refractivity contribution in [3.63, 3.8) is 0 Å². The number of hydrogen-bond acceptors (Lipinski definition) is 2. The molecule has 3 heteroatoms. The lowest BCUT2D eigenvalue weighted by atomic mass is 9.94. The predicted octanol–water partition coefficient (Wildman–Crippen LogP) is 14.6. The zero-order chi connectivity index (χ0) is 36.3. The molecule has 0 bridgehead atoms. The van der Waals surface area contributed by atoms with Gasteiger partial charge in [-0.2, -0.15) is 0 Å². The molecule has 9 aromatic carbocycles. The van der Waals surface area contributed by atoms with Crippen molar-refractivity contribution in [3.05, 3.63) is 206 Å². The van der Waals surface area contributed by atoms with Gasteiger partial charge in [0.1, 0.15) is 11.2 Å². The van der Waals surface area contributed by atoms with Crippen LogP contribution >= 0.6 is 0 Å². The van der Waals surface area contributed by atoms with E-state index in [1.54, 1.807) is 0 Å². The first-order valence-electron chi connectivity index (χ1n) is 18.8. The third kappa shape index (κ3) is 4.98. The monoisotopic (exact) mass is 702 g/mol. The zero-order valence-corrected chi connectivity index (χ0v) is 29.9. The summed E-state index contributed by atoms with van der Waals surface area (Å²) in [5, 5.41) is 7.04. The molecule has 11 rings (SSSR count). The average Bonchev–Trinajstić information content (AvgIpc) is 3.81. The standard InChI is InChI=1S/C52H34N2O/c1-2-15-35(16-3-1)36-29-31-37(32-30-36)53(49-26-14-28-51-52(49)44-22-9-13-27-50(44)55-51)48-34-33-39(38-17-4-5-18-40(38)48)41-19-6-10-23-45(41)54-46-24-11-7-20-42(46)43-21-8-12-25-47(43)54/h1-34H. The predicted molar refractivity (Wildman–Crippen MR) is 231 cm³/mol. The van der Waals surface area contributed by atoms with Crippen LogP contribution in [0.15, 0.2) is 211 Å². The number of benzene rings is 9. The first kappa shape index (κ1) is 31.2. The number of fused-ring (bicyclic) bond motifs is 7. The Labute approximate surface area is 318 Å². The Balaban J connectivity index is 1.15. The summed E-state index contributed by atoms with van der Waals surface area (Å²) in [4.78, 5) is 2.41. The summed E-state index contributed by atoms with van der Waals surface area (Å²) in [6, 6.07) is 73.9. The van der Waals surface area contributed by atoms with Crippen LogP contribution in [0.1, 0.15) is 0 Å². The summed E-state index contributed by atoms with van der Waals surface area (Å²) in [5.74, 6) is 0. The van der Waals surface area contributed by atoms with E-state index in [9.17, 15) is 0 Å². The lowest BCUT2D eigenvalue weighted by molar-refractivity contribution is 0.669. The topological polar surface area (TPSA) is 21.3 Å². The molecule has 11 aromatic rings. The minimum atomic E-state index is 0.866. The summed E-state index contributed by atoms with van der Waals surface area (Å²) in [5.41, 5.74) is 13.3. The van der Waals surface area contributed by atoms with E-state index in [1.807, 2.05) is 6.07 Å². The molecule has 0 aliphatic heterocycles.